The van der Waals surface area contributed by atoms with Gasteiger partial charge in [-0.3, -0.25) is 14.5 Å². The molecule has 1 aliphatic carbocycles. The lowest BCUT2D eigenvalue weighted by Gasteiger charge is -2.47. The van der Waals surface area contributed by atoms with Gasteiger partial charge in [-0.05, 0) is 43.9 Å². The lowest BCUT2D eigenvalue weighted by Crippen LogP contribution is -2.52. The maximum atomic E-state index is 13.5. The van der Waals surface area contributed by atoms with Gasteiger partial charge in [0.25, 0.3) is 0 Å². The van der Waals surface area contributed by atoms with E-state index >= 15 is 0 Å². The average Bonchev–Trinajstić information content (AvgIpc) is 3.32. The quantitative estimate of drug-likeness (QED) is 0.599. The Hall–Kier alpha value is -3.35. The Morgan fingerprint density at radius 3 is 2.47 bits per heavy atom. The standard InChI is InChI=1S/C27H32N2O5/c1-3-28(24(30)16-17-25(31)32)26-20-12-7-8-14-22(20)29(23-15-9-13-21(23)26)27(33)34-18(2)19-10-5-4-6-11-19/h4-8,10-12,14,18,21,23,26H,3,9,13,15-17H2,1-2H3,(H,31,32). The third-order valence-corrected chi connectivity index (χ3v) is 7.08. The lowest BCUT2D eigenvalue weighted by atomic mass is 9.81. The fraction of sp³-hybridized carbons (Fsp3) is 0.444. The number of carbonyl (C=O) groups is 3. The van der Waals surface area contributed by atoms with Gasteiger partial charge in [-0.25, -0.2) is 4.79 Å². The minimum absolute atomic E-state index is 0.0282. The van der Waals surface area contributed by atoms with Crippen LogP contribution in [0.5, 0.6) is 0 Å². The summed E-state index contributed by atoms with van der Waals surface area (Å²) >= 11 is 0. The van der Waals surface area contributed by atoms with E-state index in [1.807, 2.05) is 68.4 Å². The Kier molecular flexibility index (Phi) is 7.20. The second kappa shape index (κ2) is 10.3. The van der Waals surface area contributed by atoms with E-state index in [1.165, 1.54) is 0 Å². The number of carboxylic acid groups (broad SMARTS) is 1. The zero-order valence-corrected chi connectivity index (χ0v) is 19.7. The maximum Gasteiger partial charge on any atom is 0.415 e. The van der Waals surface area contributed by atoms with Gasteiger partial charge in [0.05, 0.1) is 18.2 Å². The number of carbonyl (C=O) groups excluding carboxylic acids is 2. The summed E-state index contributed by atoms with van der Waals surface area (Å²) in [6, 6.07) is 17.1. The molecule has 7 heteroatoms. The van der Waals surface area contributed by atoms with Gasteiger partial charge in [0.15, 0.2) is 0 Å². The Morgan fingerprint density at radius 2 is 1.76 bits per heavy atom. The van der Waals surface area contributed by atoms with E-state index in [0.29, 0.717) is 6.54 Å². The monoisotopic (exact) mass is 464 g/mol. The van der Waals surface area contributed by atoms with Crippen LogP contribution in [-0.2, 0) is 14.3 Å². The minimum atomic E-state index is -0.978. The van der Waals surface area contributed by atoms with Crippen LogP contribution >= 0.6 is 0 Å². The van der Waals surface area contributed by atoms with Crippen LogP contribution in [0.15, 0.2) is 54.6 Å². The summed E-state index contributed by atoms with van der Waals surface area (Å²) in [5.41, 5.74) is 2.62. The molecule has 0 bridgehead atoms. The molecule has 180 valence electrons. The molecule has 1 saturated carbocycles. The third-order valence-electron chi connectivity index (χ3n) is 7.08. The predicted molar refractivity (Wildman–Crippen MR) is 128 cm³/mol. The van der Waals surface area contributed by atoms with E-state index in [9.17, 15) is 14.4 Å². The number of nitrogens with zero attached hydrogens (tertiary/aromatic N) is 2. The first kappa shape index (κ1) is 23.8. The number of amides is 2. The Balaban J connectivity index is 1.66. The zero-order valence-electron chi connectivity index (χ0n) is 19.7. The van der Waals surface area contributed by atoms with E-state index in [1.54, 1.807) is 9.80 Å². The molecule has 1 fully saturated rings. The van der Waals surface area contributed by atoms with Gasteiger partial charge in [-0.2, -0.15) is 0 Å². The van der Waals surface area contributed by atoms with Crippen LogP contribution < -0.4 is 4.90 Å². The van der Waals surface area contributed by atoms with E-state index in [0.717, 1.165) is 36.1 Å². The molecule has 2 amide bonds. The number of hydrogen-bond donors (Lipinski definition) is 1. The highest BCUT2D eigenvalue weighted by molar-refractivity contribution is 5.91. The van der Waals surface area contributed by atoms with Crippen molar-refractivity contribution < 1.29 is 24.2 Å². The first-order valence-electron chi connectivity index (χ1n) is 12.1. The number of anilines is 1. The highest BCUT2D eigenvalue weighted by atomic mass is 16.6. The van der Waals surface area contributed by atoms with Crippen molar-refractivity contribution in [2.24, 2.45) is 5.92 Å². The van der Waals surface area contributed by atoms with Gasteiger partial charge in [-0.1, -0.05) is 55.0 Å². The molecule has 0 aromatic heterocycles. The molecule has 1 heterocycles. The highest BCUT2D eigenvalue weighted by Crippen LogP contribution is 2.50. The molecule has 7 nitrogen and oxygen atoms in total. The normalized spacial score (nSPS) is 21.8. The number of carboxylic acids is 1. The Bertz CT molecular complexity index is 1040. The summed E-state index contributed by atoms with van der Waals surface area (Å²) in [6.07, 6.45) is 1.71. The number of rotatable bonds is 7. The summed E-state index contributed by atoms with van der Waals surface area (Å²) in [6.45, 7) is 4.28. The molecule has 0 radical (unpaired) electrons. The first-order chi connectivity index (χ1) is 16.4. The third kappa shape index (κ3) is 4.65. The van der Waals surface area contributed by atoms with Crippen LogP contribution in [0.4, 0.5) is 10.5 Å². The summed E-state index contributed by atoms with van der Waals surface area (Å²) in [5.74, 6) is -1.07. The van der Waals surface area contributed by atoms with Crippen LogP contribution in [0.25, 0.3) is 0 Å². The molecule has 2 aromatic carbocycles. The van der Waals surface area contributed by atoms with E-state index in [2.05, 4.69) is 0 Å². The Morgan fingerprint density at radius 1 is 1.06 bits per heavy atom. The maximum absolute atomic E-state index is 13.5. The fourth-order valence-corrected chi connectivity index (χ4v) is 5.54. The van der Waals surface area contributed by atoms with Crippen molar-refractivity contribution in [1.29, 1.82) is 0 Å². The Labute approximate surface area is 200 Å². The molecule has 1 N–H and O–H groups in total. The van der Waals surface area contributed by atoms with Gasteiger partial charge < -0.3 is 14.7 Å². The summed E-state index contributed by atoms with van der Waals surface area (Å²) in [7, 11) is 0. The number of fused-ring (bicyclic) bond motifs is 2. The van der Waals surface area contributed by atoms with Gasteiger partial charge in [0, 0.05) is 24.9 Å². The van der Waals surface area contributed by atoms with Crippen molar-refractivity contribution in [3.05, 3.63) is 65.7 Å². The van der Waals surface area contributed by atoms with Crippen molar-refractivity contribution >= 4 is 23.7 Å². The van der Waals surface area contributed by atoms with Gasteiger partial charge in [0.1, 0.15) is 6.10 Å². The predicted octanol–water partition coefficient (Wildman–Crippen LogP) is 5.33. The number of ether oxygens (including phenoxy) is 1. The topological polar surface area (TPSA) is 87.2 Å². The SMILES string of the molecule is CCN(C(=O)CCC(=O)O)C1c2ccccc2N(C(=O)OC(C)c2ccccc2)C2CCCC12. The molecular formula is C27H32N2O5. The summed E-state index contributed by atoms with van der Waals surface area (Å²) < 4.78 is 5.92. The van der Waals surface area contributed by atoms with Gasteiger partial charge in [-0.15, -0.1) is 0 Å². The van der Waals surface area contributed by atoms with Gasteiger partial charge in [0.2, 0.25) is 5.91 Å². The molecule has 2 aliphatic rings. The van der Waals surface area contributed by atoms with Crippen molar-refractivity contribution in [3.8, 4) is 0 Å². The first-order valence-corrected chi connectivity index (χ1v) is 12.1. The molecule has 4 unspecified atom stereocenters. The zero-order chi connectivity index (χ0) is 24.2. The van der Waals surface area contributed by atoms with E-state index in [-0.39, 0.29) is 48.9 Å². The van der Waals surface area contributed by atoms with Crippen molar-refractivity contribution in [2.45, 2.75) is 64.1 Å². The second-order valence-corrected chi connectivity index (χ2v) is 9.05. The van der Waals surface area contributed by atoms with Crippen molar-refractivity contribution in [1.82, 2.24) is 4.90 Å². The van der Waals surface area contributed by atoms with Crippen LogP contribution in [-0.4, -0.2) is 40.6 Å². The van der Waals surface area contributed by atoms with Crippen LogP contribution in [0, 0.1) is 5.92 Å². The number of aliphatic carboxylic acids is 1. The minimum Gasteiger partial charge on any atom is -0.481 e. The molecule has 0 spiro atoms. The molecule has 4 atom stereocenters. The van der Waals surface area contributed by atoms with Crippen LogP contribution in [0.3, 0.4) is 0 Å². The number of benzene rings is 2. The van der Waals surface area contributed by atoms with E-state index < -0.39 is 5.97 Å². The molecule has 2 aromatic rings. The molecule has 34 heavy (non-hydrogen) atoms. The second-order valence-electron chi connectivity index (χ2n) is 9.05. The molecular weight excluding hydrogens is 432 g/mol. The van der Waals surface area contributed by atoms with Crippen molar-refractivity contribution in [2.75, 3.05) is 11.4 Å². The summed E-state index contributed by atoms with van der Waals surface area (Å²) in [4.78, 5) is 41.2. The van der Waals surface area contributed by atoms with Gasteiger partial charge >= 0.3 is 12.1 Å². The fourth-order valence-electron chi connectivity index (χ4n) is 5.54. The highest BCUT2D eigenvalue weighted by Gasteiger charge is 2.49. The van der Waals surface area contributed by atoms with Crippen LogP contribution in [0.1, 0.15) is 69.2 Å². The molecule has 0 saturated heterocycles. The number of para-hydroxylation sites is 1. The lowest BCUT2D eigenvalue weighted by molar-refractivity contribution is -0.142. The molecule has 4 rings (SSSR count). The largest absolute Gasteiger partial charge is 0.481 e. The van der Waals surface area contributed by atoms with Crippen LogP contribution in [0.2, 0.25) is 0 Å². The van der Waals surface area contributed by atoms with Crippen molar-refractivity contribution in [3.63, 3.8) is 0 Å². The molecule has 1 aliphatic heterocycles. The average molecular weight is 465 g/mol. The number of hydrogen-bond acceptors (Lipinski definition) is 4. The summed E-state index contributed by atoms with van der Waals surface area (Å²) in [5, 5.41) is 9.06. The van der Waals surface area contributed by atoms with E-state index in [4.69, 9.17) is 9.84 Å². The smallest absolute Gasteiger partial charge is 0.415 e.